The van der Waals surface area contributed by atoms with Crippen LogP contribution < -0.4 is 5.73 Å². The van der Waals surface area contributed by atoms with Crippen LogP contribution >= 0.6 is 48.7 Å². The molecule has 16 heavy (non-hydrogen) atoms. The van der Waals surface area contributed by atoms with Gasteiger partial charge in [0.05, 0.1) is 6.61 Å². The van der Waals surface area contributed by atoms with Gasteiger partial charge in [-0.2, -0.15) is 3.71 Å². The second-order valence-corrected chi connectivity index (χ2v) is 4.38. The SMILES string of the molecule is CSN(SC)C(C)C(=O)OCCCN.Cl.Cl. The van der Waals surface area contributed by atoms with E-state index in [1.54, 1.807) is 0 Å². The van der Waals surface area contributed by atoms with Gasteiger partial charge in [-0.05, 0) is 32.4 Å². The van der Waals surface area contributed by atoms with Gasteiger partial charge in [0, 0.05) is 0 Å². The molecule has 0 aromatic carbocycles. The molecule has 0 fully saturated rings. The van der Waals surface area contributed by atoms with Gasteiger partial charge in [-0.25, -0.2) is 0 Å². The standard InChI is InChI=1S/C8H18N2O2S2.2ClH/c1-7(10(13-2)14-3)8(11)12-6-4-5-9;;/h7H,4-6,9H2,1-3H3;2*1H. The van der Waals surface area contributed by atoms with Gasteiger partial charge in [0.15, 0.2) is 0 Å². The lowest BCUT2D eigenvalue weighted by Crippen LogP contribution is -2.31. The van der Waals surface area contributed by atoms with Crippen LogP contribution in [0.1, 0.15) is 13.3 Å². The van der Waals surface area contributed by atoms with Crippen LogP contribution in [0.5, 0.6) is 0 Å². The molecule has 2 N–H and O–H groups in total. The Morgan fingerprint density at radius 3 is 2.25 bits per heavy atom. The summed E-state index contributed by atoms with van der Waals surface area (Å²) in [6, 6.07) is -0.224. The van der Waals surface area contributed by atoms with Gasteiger partial charge in [-0.1, -0.05) is 23.9 Å². The number of carbonyl (C=O) groups is 1. The predicted molar refractivity (Wildman–Crippen MR) is 77.5 cm³/mol. The fourth-order valence-corrected chi connectivity index (χ4v) is 2.25. The average molecular weight is 311 g/mol. The number of halogens is 2. The third-order valence-corrected chi connectivity index (χ3v) is 3.86. The Balaban J connectivity index is -0.000000845. The van der Waals surface area contributed by atoms with Gasteiger partial charge in [-0.3, -0.25) is 4.79 Å². The minimum Gasteiger partial charge on any atom is -0.464 e. The summed E-state index contributed by atoms with van der Waals surface area (Å²) >= 11 is 3.03. The van der Waals surface area contributed by atoms with Crippen LogP contribution in [0.3, 0.4) is 0 Å². The highest BCUT2D eigenvalue weighted by molar-refractivity contribution is 8.11. The topological polar surface area (TPSA) is 55.6 Å². The van der Waals surface area contributed by atoms with E-state index in [1.165, 1.54) is 23.9 Å². The molecule has 0 aliphatic rings. The van der Waals surface area contributed by atoms with E-state index in [0.29, 0.717) is 13.2 Å². The van der Waals surface area contributed by atoms with Gasteiger partial charge < -0.3 is 10.5 Å². The molecule has 0 spiro atoms. The number of carbonyl (C=O) groups excluding carboxylic acids is 1. The zero-order valence-corrected chi connectivity index (χ0v) is 12.9. The molecule has 0 bridgehead atoms. The summed E-state index contributed by atoms with van der Waals surface area (Å²) in [6.45, 7) is 2.80. The van der Waals surface area contributed by atoms with Crippen LogP contribution in [0.4, 0.5) is 0 Å². The van der Waals surface area contributed by atoms with Gasteiger partial charge in [0.1, 0.15) is 6.04 Å². The van der Waals surface area contributed by atoms with Crippen molar-refractivity contribution < 1.29 is 9.53 Å². The number of hydrogen-bond acceptors (Lipinski definition) is 6. The maximum absolute atomic E-state index is 11.4. The molecule has 4 nitrogen and oxygen atoms in total. The van der Waals surface area contributed by atoms with Gasteiger partial charge in [0.25, 0.3) is 0 Å². The van der Waals surface area contributed by atoms with Crippen LogP contribution in [-0.4, -0.2) is 41.4 Å². The first-order chi connectivity index (χ1) is 6.67. The molecule has 1 atom stereocenters. The smallest absolute Gasteiger partial charge is 0.325 e. The molecule has 0 heterocycles. The zero-order valence-electron chi connectivity index (χ0n) is 9.67. The Morgan fingerprint density at radius 1 is 1.38 bits per heavy atom. The van der Waals surface area contributed by atoms with Crippen molar-refractivity contribution in [3.63, 3.8) is 0 Å². The third-order valence-electron chi connectivity index (χ3n) is 1.61. The van der Waals surface area contributed by atoms with Crippen LogP contribution in [-0.2, 0) is 9.53 Å². The van der Waals surface area contributed by atoms with E-state index in [0.717, 1.165) is 6.42 Å². The first kappa shape index (κ1) is 21.9. The number of nitrogens with zero attached hydrogens (tertiary/aromatic N) is 1. The molecule has 8 heteroatoms. The Hall–Kier alpha value is 0.670. The van der Waals surface area contributed by atoms with Crippen LogP contribution in [0.2, 0.25) is 0 Å². The van der Waals surface area contributed by atoms with Crippen molar-refractivity contribution in [2.24, 2.45) is 5.73 Å². The zero-order chi connectivity index (χ0) is 11.0. The predicted octanol–water partition coefficient (Wildman–Crippen LogP) is 1.97. The van der Waals surface area contributed by atoms with E-state index in [1.807, 2.05) is 23.1 Å². The lowest BCUT2D eigenvalue weighted by Gasteiger charge is -2.21. The monoisotopic (exact) mass is 310 g/mol. The minimum absolute atomic E-state index is 0. The summed E-state index contributed by atoms with van der Waals surface area (Å²) in [6.07, 6.45) is 4.58. The largest absolute Gasteiger partial charge is 0.464 e. The molecule has 0 saturated carbocycles. The first-order valence-electron chi connectivity index (χ1n) is 4.41. The lowest BCUT2D eigenvalue weighted by atomic mass is 10.4. The Bertz CT molecular complexity index is 174. The quantitative estimate of drug-likeness (QED) is 0.441. The van der Waals surface area contributed by atoms with E-state index in [4.69, 9.17) is 10.5 Å². The number of esters is 1. The molecule has 0 aromatic heterocycles. The highest BCUT2D eigenvalue weighted by atomic mass is 35.5. The maximum atomic E-state index is 11.4. The van der Waals surface area contributed by atoms with E-state index in [-0.39, 0.29) is 36.8 Å². The van der Waals surface area contributed by atoms with E-state index < -0.39 is 0 Å². The molecule has 1 unspecified atom stereocenters. The van der Waals surface area contributed by atoms with Gasteiger partial charge in [-0.15, -0.1) is 24.8 Å². The Kier molecular flexibility index (Phi) is 18.8. The summed E-state index contributed by atoms with van der Waals surface area (Å²) in [5.41, 5.74) is 5.29. The van der Waals surface area contributed by atoms with Gasteiger partial charge >= 0.3 is 5.97 Å². The average Bonchev–Trinajstić information content (AvgIpc) is 2.19. The van der Waals surface area contributed by atoms with Gasteiger partial charge in [0.2, 0.25) is 0 Å². The Morgan fingerprint density at radius 2 is 1.88 bits per heavy atom. The fraction of sp³-hybridized carbons (Fsp3) is 0.875. The summed E-state index contributed by atoms with van der Waals surface area (Å²) < 4.78 is 6.94. The second-order valence-electron chi connectivity index (χ2n) is 2.64. The van der Waals surface area contributed by atoms with Crippen LogP contribution in [0, 0.1) is 0 Å². The van der Waals surface area contributed by atoms with Crippen molar-refractivity contribution in [1.29, 1.82) is 0 Å². The number of nitrogens with two attached hydrogens (primary N) is 1. The highest BCUT2D eigenvalue weighted by Crippen LogP contribution is 2.21. The number of rotatable bonds is 7. The Labute approximate surface area is 118 Å². The van der Waals surface area contributed by atoms with Crippen molar-refractivity contribution in [2.75, 3.05) is 25.7 Å². The summed E-state index contributed by atoms with van der Waals surface area (Å²) in [5, 5.41) is 0. The molecule has 0 rings (SSSR count). The molecule has 0 amide bonds. The minimum atomic E-state index is -0.224. The van der Waals surface area contributed by atoms with E-state index in [2.05, 4.69) is 0 Å². The first-order valence-corrected chi connectivity index (χ1v) is 6.77. The van der Waals surface area contributed by atoms with E-state index >= 15 is 0 Å². The third kappa shape index (κ3) is 8.78. The normalized spacial score (nSPS) is 11.3. The van der Waals surface area contributed by atoms with Crippen molar-refractivity contribution in [3.05, 3.63) is 0 Å². The van der Waals surface area contributed by atoms with Crippen molar-refractivity contribution in [1.82, 2.24) is 3.71 Å². The summed E-state index contributed by atoms with van der Waals surface area (Å²) in [5.74, 6) is -0.192. The molecule has 100 valence electrons. The maximum Gasteiger partial charge on any atom is 0.325 e. The van der Waals surface area contributed by atoms with Crippen molar-refractivity contribution in [2.45, 2.75) is 19.4 Å². The number of ether oxygens (including phenoxy) is 1. The number of hydrogen-bond donors (Lipinski definition) is 1. The molecule has 0 aliphatic heterocycles. The molecular weight excluding hydrogens is 291 g/mol. The fourth-order valence-electron chi connectivity index (χ4n) is 0.854. The van der Waals surface area contributed by atoms with Crippen LogP contribution in [0.15, 0.2) is 0 Å². The van der Waals surface area contributed by atoms with Crippen molar-refractivity contribution in [3.8, 4) is 0 Å². The second kappa shape index (κ2) is 13.7. The van der Waals surface area contributed by atoms with E-state index in [9.17, 15) is 4.79 Å². The molecular formula is C8H20Cl2N2O2S2. The molecule has 0 saturated heterocycles. The summed E-state index contributed by atoms with van der Waals surface area (Å²) in [4.78, 5) is 11.4. The lowest BCUT2D eigenvalue weighted by molar-refractivity contribution is -0.146. The highest BCUT2D eigenvalue weighted by Gasteiger charge is 2.21. The van der Waals surface area contributed by atoms with Crippen molar-refractivity contribution >= 4 is 54.7 Å². The van der Waals surface area contributed by atoms with Crippen LogP contribution in [0.25, 0.3) is 0 Å². The molecule has 0 aliphatic carbocycles. The summed E-state index contributed by atoms with van der Waals surface area (Å²) in [7, 11) is 0. The molecule has 0 radical (unpaired) electrons. The molecule has 0 aromatic rings.